The van der Waals surface area contributed by atoms with Gasteiger partial charge in [-0.25, -0.2) is 4.79 Å². The van der Waals surface area contributed by atoms with Crippen LogP contribution in [0.25, 0.3) is 11.1 Å². The molecule has 0 radical (unpaired) electrons. The minimum Gasteiger partial charge on any atom is -0.497 e. The molecule has 0 aromatic heterocycles. The maximum absolute atomic E-state index is 11.9. The summed E-state index contributed by atoms with van der Waals surface area (Å²) in [5.41, 5.74) is 3.08. The molecule has 0 aliphatic carbocycles. The number of nitrogens with zero attached hydrogens (tertiary/aromatic N) is 1. The molecule has 0 saturated carbocycles. The summed E-state index contributed by atoms with van der Waals surface area (Å²) in [5.74, 6) is 1.18. The summed E-state index contributed by atoms with van der Waals surface area (Å²) in [6, 6.07) is 15.9. The SMILES string of the molecule is COc1ccc(-c2ccc(N3CC(C)COC3=O)cc2)cc1. The Morgan fingerprint density at radius 3 is 2.23 bits per heavy atom. The Morgan fingerprint density at radius 1 is 1.05 bits per heavy atom. The first-order valence-electron chi connectivity index (χ1n) is 7.36. The van der Waals surface area contributed by atoms with Crippen LogP contribution < -0.4 is 9.64 Å². The Hall–Kier alpha value is -2.49. The average molecular weight is 297 g/mol. The lowest BCUT2D eigenvalue weighted by atomic mass is 10.0. The highest BCUT2D eigenvalue weighted by Gasteiger charge is 2.25. The van der Waals surface area contributed by atoms with Gasteiger partial charge in [-0.2, -0.15) is 0 Å². The molecule has 114 valence electrons. The van der Waals surface area contributed by atoms with Gasteiger partial charge in [0.05, 0.1) is 13.7 Å². The van der Waals surface area contributed by atoms with Crippen molar-refractivity contribution in [1.29, 1.82) is 0 Å². The van der Waals surface area contributed by atoms with Crippen LogP contribution in [0, 0.1) is 5.92 Å². The van der Waals surface area contributed by atoms with Crippen molar-refractivity contribution < 1.29 is 14.3 Å². The lowest BCUT2D eigenvalue weighted by Crippen LogP contribution is -2.42. The molecule has 0 N–H and O–H groups in total. The van der Waals surface area contributed by atoms with Crippen LogP contribution >= 0.6 is 0 Å². The number of anilines is 1. The van der Waals surface area contributed by atoms with Crippen molar-refractivity contribution in [1.82, 2.24) is 0 Å². The monoisotopic (exact) mass is 297 g/mol. The summed E-state index contributed by atoms with van der Waals surface area (Å²) in [6.07, 6.45) is -0.268. The summed E-state index contributed by atoms with van der Waals surface area (Å²) in [6.45, 7) is 3.27. The number of cyclic esters (lactones) is 1. The second-order valence-electron chi connectivity index (χ2n) is 5.57. The molecule has 1 amide bonds. The molecular weight excluding hydrogens is 278 g/mol. The van der Waals surface area contributed by atoms with E-state index in [1.165, 1.54) is 0 Å². The van der Waals surface area contributed by atoms with E-state index in [9.17, 15) is 4.79 Å². The van der Waals surface area contributed by atoms with E-state index in [1.54, 1.807) is 12.0 Å². The third kappa shape index (κ3) is 2.91. The summed E-state index contributed by atoms with van der Waals surface area (Å²) < 4.78 is 10.3. The highest BCUT2D eigenvalue weighted by molar-refractivity contribution is 5.88. The molecule has 1 fully saturated rings. The van der Waals surface area contributed by atoms with Crippen molar-refractivity contribution >= 4 is 11.8 Å². The van der Waals surface area contributed by atoms with Gasteiger partial charge in [-0.05, 0) is 35.4 Å². The standard InChI is InChI=1S/C18H19NO3/c1-13-11-19(18(20)22-12-13)16-7-3-14(4-8-16)15-5-9-17(21-2)10-6-15/h3-10,13H,11-12H2,1-2H3. The highest BCUT2D eigenvalue weighted by atomic mass is 16.6. The summed E-state index contributed by atoms with van der Waals surface area (Å²) in [7, 11) is 1.66. The summed E-state index contributed by atoms with van der Waals surface area (Å²) >= 11 is 0. The molecule has 4 heteroatoms. The lowest BCUT2D eigenvalue weighted by molar-refractivity contribution is 0.119. The van der Waals surface area contributed by atoms with Gasteiger partial charge in [0.2, 0.25) is 0 Å². The van der Waals surface area contributed by atoms with E-state index in [-0.39, 0.29) is 6.09 Å². The van der Waals surface area contributed by atoms with E-state index in [1.807, 2.05) is 48.5 Å². The second kappa shape index (κ2) is 6.10. The molecule has 1 saturated heterocycles. The van der Waals surface area contributed by atoms with Gasteiger partial charge in [0.25, 0.3) is 0 Å². The summed E-state index contributed by atoms with van der Waals surface area (Å²) in [5, 5.41) is 0. The Morgan fingerprint density at radius 2 is 1.64 bits per heavy atom. The highest BCUT2D eigenvalue weighted by Crippen LogP contribution is 2.26. The van der Waals surface area contributed by atoms with Crippen LogP contribution in [-0.2, 0) is 4.74 Å². The first-order chi connectivity index (χ1) is 10.7. The van der Waals surface area contributed by atoms with Crippen LogP contribution in [0.3, 0.4) is 0 Å². The van der Waals surface area contributed by atoms with Gasteiger partial charge < -0.3 is 9.47 Å². The fourth-order valence-corrected chi connectivity index (χ4v) is 2.56. The van der Waals surface area contributed by atoms with Gasteiger partial charge in [-0.3, -0.25) is 4.90 Å². The van der Waals surface area contributed by atoms with E-state index in [4.69, 9.17) is 9.47 Å². The zero-order valence-electron chi connectivity index (χ0n) is 12.8. The van der Waals surface area contributed by atoms with Crippen molar-refractivity contribution in [3.63, 3.8) is 0 Å². The number of carbonyl (C=O) groups excluding carboxylic acids is 1. The van der Waals surface area contributed by atoms with E-state index < -0.39 is 0 Å². The Kier molecular flexibility index (Phi) is 4.00. The van der Waals surface area contributed by atoms with Crippen LogP contribution in [0.2, 0.25) is 0 Å². The smallest absolute Gasteiger partial charge is 0.414 e. The fourth-order valence-electron chi connectivity index (χ4n) is 2.56. The number of rotatable bonds is 3. The molecule has 2 aromatic rings. The maximum Gasteiger partial charge on any atom is 0.414 e. The first-order valence-corrected chi connectivity index (χ1v) is 7.36. The van der Waals surface area contributed by atoms with Crippen LogP contribution in [0.4, 0.5) is 10.5 Å². The minimum atomic E-state index is -0.268. The number of hydrogen-bond donors (Lipinski definition) is 0. The topological polar surface area (TPSA) is 38.8 Å². The number of carbonyl (C=O) groups is 1. The van der Waals surface area contributed by atoms with Crippen molar-refractivity contribution in [2.45, 2.75) is 6.92 Å². The number of amides is 1. The average Bonchev–Trinajstić information content (AvgIpc) is 2.57. The van der Waals surface area contributed by atoms with Crippen LogP contribution in [0.5, 0.6) is 5.75 Å². The number of benzene rings is 2. The lowest BCUT2D eigenvalue weighted by Gasteiger charge is -2.30. The van der Waals surface area contributed by atoms with Gasteiger partial charge in [-0.15, -0.1) is 0 Å². The molecule has 1 atom stereocenters. The Labute approximate surface area is 130 Å². The van der Waals surface area contributed by atoms with Crippen molar-refractivity contribution in [2.24, 2.45) is 5.92 Å². The van der Waals surface area contributed by atoms with Crippen LogP contribution in [0.15, 0.2) is 48.5 Å². The van der Waals surface area contributed by atoms with Gasteiger partial charge in [-0.1, -0.05) is 31.2 Å². The van der Waals surface area contributed by atoms with Crippen LogP contribution in [0.1, 0.15) is 6.92 Å². The second-order valence-corrected chi connectivity index (χ2v) is 5.57. The molecule has 0 spiro atoms. The zero-order valence-corrected chi connectivity index (χ0v) is 12.8. The Balaban J connectivity index is 1.81. The molecule has 1 aliphatic heterocycles. The van der Waals surface area contributed by atoms with Crippen LogP contribution in [-0.4, -0.2) is 26.4 Å². The van der Waals surface area contributed by atoms with E-state index >= 15 is 0 Å². The first kappa shape index (κ1) is 14.4. The third-order valence-electron chi connectivity index (χ3n) is 3.81. The molecule has 1 aliphatic rings. The molecule has 1 heterocycles. The van der Waals surface area contributed by atoms with Crippen molar-refractivity contribution in [3.05, 3.63) is 48.5 Å². The molecule has 2 aromatic carbocycles. The quantitative estimate of drug-likeness (QED) is 0.861. The number of ether oxygens (including phenoxy) is 2. The number of hydrogen-bond acceptors (Lipinski definition) is 3. The van der Waals surface area contributed by atoms with E-state index in [0.717, 1.165) is 22.6 Å². The molecular formula is C18H19NO3. The fraction of sp³-hybridized carbons (Fsp3) is 0.278. The van der Waals surface area contributed by atoms with Crippen molar-refractivity contribution in [3.8, 4) is 16.9 Å². The molecule has 22 heavy (non-hydrogen) atoms. The molecule has 1 unspecified atom stereocenters. The molecule has 4 nitrogen and oxygen atoms in total. The van der Waals surface area contributed by atoms with Gasteiger partial charge >= 0.3 is 6.09 Å². The largest absolute Gasteiger partial charge is 0.497 e. The normalized spacial score (nSPS) is 18.0. The third-order valence-corrected chi connectivity index (χ3v) is 3.81. The van der Waals surface area contributed by atoms with E-state index in [0.29, 0.717) is 19.1 Å². The van der Waals surface area contributed by atoms with Gasteiger partial charge in [0.15, 0.2) is 0 Å². The molecule has 3 rings (SSSR count). The maximum atomic E-state index is 11.9. The van der Waals surface area contributed by atoms with Gasteiger partial charge in [0.1, 0.15) is 5.75 Å². The zero-order chi connectivity index (χ0) is 15.5. The van der Waals surface area contributed by atoms with E-state index in [2.05, 4.69) is 6.92 Å². The summed E-state index contributed by atoms with van der Waals surface area (Å²) in [4.78, 5) is 13.5. The number of methoxy groups -OCH3 is 1. The minimum absolute atomic E-state index is 0.268. The predicted molar refractivity (Wildman–Crippen MR) is 86.3 cm³/mol. The van der Waals surface area contributed by atoms with Crippen molar-refractivity contribution in [2.75, 3.05) is 25.2 Å². The Bertz CT molecular complexity index is 649. The van der Waals surface area contributed by atoms with Gasteiger partial charge in [0, 0.05) is 18.2 Å². The predicted octanol–water partition coefficient (Wildman–Crippen LogP) is 3.95. The molecule has 0 bridgehead atoms.